The molecule has 0 aromatic carbocycles. The molecular weight excluding hydrogens is 100 g/mol. The molecule has 1 heterocycles. The Morgan fingerprint density at radius 1 is 1.38 bits per heavy atom. The van der Waals surface area contributed by atoms with Crippen LogP contribution < -0.4 is 5.43 Å². The fourth-order valence-corrected chi connectivity index (χ4v) is 1.25. The van der Waals surface area contributed by atoms with Crippen LogP contribution in [0.15, 0.2) is 0 Å². The summed E-state index contributed by atoms with van der Waals surface area (Å²) >= 11 is 0. The van der Waals surface area contributed by atoms with Crippen molar-refractivity contribution in [2.75, 3.05) is 13.1 Å². The molecule has 2 nitrogen and oxygen atoms in total. The Morgan fingerprint density at radius 3 is 2.25 bits per heavy atom. The SMILES string of the molecule is C1CC(N2CCN2)C1. The van der Waals surface area contributed by atoms with E-state index in [1.54, 1.807) is 0 Å². The lowest BCUT2D eigenvalue weighted by molar-refractivity contribution is 0.00947. The summed E-state index contributed by atoms with van der Waals surface area (Å²) in [4.78, 5) is 0. The van der Waals surface area contributed by atoms with Crippen molar-refractivity contribution < 1.29 is 0 Å². The number of hydrogen-bond acceptors (Lipinski definition) is 2. The zero-order valence-corrected chi connectivity index (χ0v) is 5.06. The molecule has 0 bridgehead atoms. The Bertz CT molecular complexity index is 72.5. The third-order valence-electron chi connectivity index (χ3n) is 2.18. The fraction of sp³-hybridized carbons (Fsp3) is 1.00. The van der Waals surface area contributed by atoms with Gasteiger partial charge in [-0.15, -0.1) is 0 Å². The van der Waals surface area contributed by atoms with Gasteiger partial charge >= 0.3 is 0 Å². The topological polar surface area (TPSA) is 15.3 Å². The van der Waals surface area contributed by atoms with Gasteiger partial charge in [-0.3, -0.25) is 5.43 Å². The molecule has 2 fully saturated rings. The van der Waals surface area contributed by atoms with Gasteiger partial charge in [-0.25, -0.2) is 5.01 Å². The second-order valence-corrected chi connectivity index (χ2v) is 2.69. The molecule has 1 aliphatic heterocycles. The van der Waals surface area contributed by atoms with Crippen molar-refractivity contribution >= 4 is 0 Å². The van der Waals surface area contributed by atoms with Gasteiger partial charge in [0.25, 0.3) is 0 Å². The van der Waals surface area contributed by atoms with E-state index < -0.39 is 0 Å². The molecule has 0 aromatic heterocycles. The Morgan fingerprint density at radius 2 is 2.12 bits per heavy atom. The summed E-state index contributed by atoms with van der Waals surface area (Å²) in [5.41, 5.74) is 3.28. The Hall–Kier alpha value is -0.0800. The maximum Gasteiger partial charge on any atom is 0.0273 e. The van der Waals surface area contributed by atoms with E-state index in [-0.39, 0.29) is 0 Å². The van der Waals surface area contributed by atoms with Crippen LogP contribution in [-0.4, -0.2) is 24.1 Å². The molecule has 0 aromatic rings. The molecule has 0 unspecified atom stereocenters. The Labute approximate surface area is 49.8 Å². The van der Waals surface area contributed by atoms with Crippen LogP contribution in [0.1, 0.15) is 19.3 Å². The van der Waals surface area contributed by atoms with Gasteiger partial charge in [0.05, 0.1) is 0 Å². The third-order valence-corrected chi connectivity index (χ3v) is 2.18. The lowest BCUT2D eigenvalue weighted by Crippen LogP contribution is -2.60. The summed E-state index contributed by atoms with van der Waals surface area (Å²) in [5.74, 6) is 0. The molecule has 1 saturated carbocycles. The molecule has 0 amide bonds. The Balaban J connectivity index is 1.79. The van der Waals surface area contributed by atoms with Gasteiger partial charge < -0.3 is 0 Å². The van der Waals surface area contributed by atoms with Crippen LogP contribution in [0.4, 0.5) is 0 Å². The summed E-state index contributed by atoms with van der Waals surface area (Å²) in [6.45, 7) is 2.49. The van der Waals surface area contributed by atoms with E-state index in [1.165, 1.54) is 32.4 Å². The number of rotatable bonds is 1. The second kappa shape index (κ2) is 1.71. The molecule has 2 aliphatic rings. The number of nitrogens with one attached hydrogen (secondary N) is 1. The van der Waals surface area contributed by atoms with Crippen molar-refractivity contribution in [2.24, 2.45) is 0 Å². The molecule has 0 radical (unpaired) electrons. The molecule has 2 heteroatoms. The van der Waals surface area contributed by atoms with Crippen LogP contribution >= 0.6 is 0 Å². The van der Waals surface area contributed by atoms with E-state index in [9.17, 15) is 0 Å². The second-order valence-electron chi connectivity index (χ2n) is 2.69. The van der Waals surface area contributed by atoms with E-state index in [4.69, 9.17) is 0 Å². The highest BCUT2D eigenvalue weighted by Crippen LogP contribution is 2.24. The van der Waals surface area contributed by atoms with Crippen LogP contribution in [0.5, 0.6) is 0 Å². The van der Waals surface area contributed by atoms with E-state index in [2.05, 4.69) is 10.4 Å². The summed E-state index contributed by atoms with van der Waals surface area (Å²) in [6.07, 6.45) is 4.29. The molecule has 1 saturated heterocycles. The maximum absolute atomic E-state index is 3.28. The lowest BCUT2D eigenvalue weighted by Gasteiger charge is -2.43. The zero-order valence-electron chi connectivity index (χ0n) is 5.06. The number of nitrogens with zero attached hydrogens (tertiary/aromatic N) is 1. The summed E-state index contributed by atoms with van der Waals surface area (Å²) < 4.78 is 0. The van der Waals surface area contributed by atoms with Gasteiger partial charge in [-0.05, 0) is 12.8 Å². The minimum atomic E-state index is 0.906. The standard InChI is InChI=1S/C6H12N2/c1-2-6(3-1)8-5-4-7-8/h6-7H,1-5H2. The Kier molecular flexibility index (Phi) is 1.02. The van der Waals surface area contributed by atoms with Crippen molar-refractivity contribution in [1.29, 1.82) is 0 Å². The van der Waals surface area contributed by atoms with Crippen LogP contribution in [0.2, 0.25) is 0 Å². The van der Waals surface area contributed by atoms with Gasteiger partial charge in [0.1, 0.15) is 0 Å². The van der Waals surface area contributed by atoms with Gasteiger partial charge in [0.15, 0.2) is 0 Å². The average molecular weight is 112 g/mol. The first-order chi connectivity index (χ1) is 3.97. The molecule has 8 heavy (non-hydrogen) atoms. The molecule has 0 atom stereocenters. The van der Waals surface area contributed by atoms with E-state index in [0.717, 1.165) is 6.04 Å². The van der Waals surface area contributed by atoms with Crippen molar-refractivity contribution in [3.63, 3.8) is 0 Å². The zero-order chi connectivity index (χ0) is 5.40. The molecule has 0 spiro atoms. The molecule has 46 valence electrons. The average Bonchev–Trinajstić information content (AvgIpc) is 1.47. The minimum Gasteiger partial charge on any atom is -0.254 e. The van der Waals surface area contributed by atoms with Crippen molar-refractivity contribution in [1.82, 2.24) is 10.4 Å². The summed E-state index contributed by atoms with van der Waals surface area (Å²) in [5, 5.41) is 2.36. The molecule has 1 N–H and O–H groups in total. The predicted octanol–water partition coefficient (Wildman–Crippen LogP) is 0.359. The quantitative estimate of drug-likeness (QED) is 0.527. The highest BCUT2D eigenvalue weighted by Gasteiger charge is 2.27. The van der Waals surface area contributed by atoms with Gasteiger partial charge in [-0.1, -0.05) is 6.42 Å². The van der Waals surface area contributed by atoms with E-state index in [1.807, 2.05) is 0 Å². The van der Waals surface area contributed by atoms with Crippen LogP contribution in [0.3, 0.4) is 0 Å². The van der Waals surface area contributed by atoms with Gasteiger partial charge in [0.2, 0.25) is 0 Å². The van der Waals surface area contributed by atoms with Crippen molar-refractivity contribution in [2.45, 2.75) is 25.3 Å². The fourth-order valence-electron chi connectivity index (χ4n) is 1.25. The number of hydrogen-bond donors (Lipinski definition) is 1. The maximum atomic E-state index is 3.28. The van der Waals surface area contributed by atoms with Crippen molar-refractivity contribution in [3.8, 4) is 0 Å². The molecule has 2 rings (SSSR count). The first-order valence-electron chi connectivity index (χ1n) is 3.47. The highest BCUT2D eigenvalue weighted by molar-refractivity contribution is 4.81. The van der Waals surface area contributed by atoms with Crippen LogP contribution in [0.25, 0.3) is 0 Å². The normalized spacial score (nSPS) is 31.5. The monoisotopic (exact) mass is 112 g/mol. The number of hydrazine groups is 1. The molecule has 1 aliphatic carbocycles. The smallest absolute Gasteiger partial charge is 0.0273 e. The highest BCUT2D eigenvalue weighted by atomic mass is 15.6. The summed E-state index contributed by atoms with van der Waals surface area (Å²) in [7, 11) is 0. The van der Waals surface area contributed by atoms with Crippen LogP contribution in [-0.2, 0) is 0 Å². The third kappa shape index (κ3) is 0.565. The lowest BCUT2D eigenvalue weighted by atomic mass is 9.92. The van der Waals surface area contributed by atoms with Gasteiger partial charge in [0, 0.05) is 19.1 Å². The largest absolute Gasteiger partial charge is 0.254 e. The van der Waals surface area contributed by atoms with Gasteiger partial charge in [-0.2, -0.15) is 0 Å². The van der Waals surface area contributed by atoms with Crippen molar-refractivity contribution in [3.05, 3.63) is 0 Å². The minimum absolute atomic E-state index is 0.906. The molecular formula is C6H12N2. The summed E-state index contributed by atoms with van der Waals surface area (Å²) in [6, 6.07) is 0.906. The van der Waals surface area contributed by atoms with Crippen LogP contribution in [0, 0.1) is 0 Å². The first-order valence-corrected chi connectivity index (χ1v) is 3.47. The first kappa shape index (κ1) is 4.77. The predicted molar refractivity (Wildman–Crippen MR) is 32.3 cm³/mol. The van der Waals surface area contributed by atoms with E-state index >= 15 is 0 Å². The van der Waals surface area contributed by atoms with E-state index in [0.29, 0.717) is 0 Å².